The van der Waals surface area contributed by atoms with E-state index >= 15 is 0 Å². The highest BCUT2D eigenvalue weighted by Gasteiger charge is 2.29. The van der Waals surface area contributed by atoms with Gasteiger partial charge in [-0.05, 0) is 111 Å². The predicted molar refractivity (Wildman–Crippen MR) is 110 cm³/mol. The van der Waals surface area contributed by atoms with Gasteiger partial charge in [0.05, 0.1) is 10.9 Å². The van der Waals surface area contributed by atoms with E-state index < -0.39 is 0 Å². The zero-order valence-electron chi connectivity index (χ0n) is 16.1. The average Bonchev–Trinajstić information content (AvgIpc) is 2.57. The number of aryl methyl sites for hydroxylation is 6. The smallest absolute Gasteiger partial charge is 0.0540 e. The van der Waals surface area contributed by atoms with Crippen LogP contribution in [0.25, 0.3) is 0 Å². The minimum atomic E-state index is -0.0703. The van der Waals surface area contributed by atoms with Gasteiger partial charge in [0.1, 0.15) is 0 Å². The Morgan fingerprint density at radius 2 is 0.680 bits per heavy atom. The molecule has 0 aliphatic rings. The largest absolute Gasteiger partial charge is 0.166 e. The third kappa shape index (κ3) is 3.67. The summed E-state index contributed by atoms with van der Waals surface area (Å²) in [7, 11) is -0.0703. The van der Waals surface area contributed by atoms with Gasteiger partial charge in [0.25, 0.3) is 0 Å². The molecule has 0 heterocycles. The first kappa shape index (κ1) is 17.8. The highest BCUT2D eigenvalue weighted by Crippen LogP contribution is 2.34. The number of hydrogen-bond donors (Lipinski definition) is 0. The van der Waals surface area contributed by atoms with E-state index in [2.05, 4.69) is 96.1 Å². The lowest BCUT2D eigenvalue weighted by molar-refractivity contribution is 1.21. The zero-order valence-corrected chi connectivity index (χ0v) is 16.9. The fraction of sp³-hybridized carbons (Fsp3) is 0.250. The van der Waals surface area contributed by atoms with Crippen molar-refractivity contribution >= 4 is 10.9 Å². The first-order valence-corrected chi connectivity index (χ1v) is 10.1. The molecule has 0 fully saturated rings. The van der Waals surface area contributed by atoms with Crippen LogP contribution in [0.2, 0.25) is 0 Å². The molecule has 0 N–H and O–H groups in total. The van der Waals surface area contributed by atoms with Crippen molar-refractivity contribution in [1.82, 2.24) is 0 Å². The summed E-state index contributed by atoms with van der Waals surface area (Å²) in [4.78, 5) is 4.19. The summed E-state index contributed by atoms with van der Waals surface area (Å²) in [6, 6.07) is 20.8. The molecule has 0 spiro atoms. The second kappa shape index (κ2) is 7.09. The fourth-order valence-electron chi connectivity index (χ4n) is 2.93. The summed E-state index contributed by atoms with van der Waals surface area (Å²) >= 11 is 0. The normalized spacial score (nSPS) is 11.2. The molecular weight excluding hydrogens is 320 g/mol. The molecule has 128 valence electrons. The maximum absolute atomic E-state index is 2.36. The van der Waals surface area contributed by atoms with Crippen LogP contribution in [0.1, 0.15) is 33.4 Å². The number of hydrogen-bond acceptors (Lipinski definition) is 0. The first-order valence-electron chi connectivity index (χ1n) is 8.83. The third-order valence-corrected chi connectivity index (χ3v) is 7.32. The van der Waals surface area contributed by atoms with E-state index in [0.29, 0.717) is 0 Å². The second-order valence-corrected chi connectivity index (χ2v) is 9.07. The third-order valence-electron chi connectivity index (χ3n) is 5.14. The van der Waals surface area contributed by atoms with Crippen molar-refractivity contribution in [2.24, 2.45) is 0 Å². The summed E-state index contributed by atoms with van der Waals surface area (Å²) in [5.41, 5.74) is 8.15. The standard InChI is InChI=1S/C24H27S/c1-16-7-10-22(13-19(16)4)25(23-11-8-17(2)20(5)14-23)24-12-9-18(3)21(6)15-24/h7-15H,1-6H3/q+1. The molecule has 0 aliphatic heterocycles. The lowest BCUT2D eigenvalue weighted by Crippen LogP contribution is -2.07. The summed E-state index contributed by atoms with van der Waals surface area (Å²) in [6.45, 7) is 13.2. The van der Waals surface area contributed by atoms with Crippen molar-refractivity contribution in [3.05, 3.63) is 88.0 Å². The van der Waals surface area contributed by atoms with Crippen molar-refractivity contribution < 1.29 is 0 Å². The van der Waals surface area contributed by atoms with Gasteiger partial charge in [-0.25, -0.2) is 0 Å². The Hall–Kier alpha value is -1.99. The van der Waals surface area contributed by atoms with E-state index in [1.807, 2.05) is 0 Å². The van der Waals surface area contributed by atoms with Crippen molar-refractivity contribution in [2.75, 3.05) is 0 Å². The van der Waals surface area contributed by atoms with Crippen molar-refractivity contribution in [3.8, 4) is 0 Å². The molecule has 3 aromatic rings. The predicted octanol–water partition coefficient (Wildman–Crippen LogP) is 6.63. The minimum Gasteiger partial charge on any atom is -0.0540 e. The Labute approximate surface area is 155 Å². The summed E-state index contributed by atoms with van der Waals surface area (Å²) in [6.07, 6.45) is 0. The molecule has 0 aromatic heterocycles. The summed E-state index contributed by atoms with van der Waals surface area (Å²) in [5, 5.41) is 0. The van der Waals surface area contributed by atoms with Gasteiger partial charge in [-0.3, -0.25) is 0 Å². The van der Waals surface area contributed by atoms with Crippen LogP contribution in [0.15, 0.2) is 69.3 Å². The van der Waals surface area contributed by atoms with E-state index in [1.165, 1.54) is 48.1 Å². The highest BCUT2D eigenvalue weighted by molar-refractivity contribution is 7.97. The van der Waals surface area contributed by atoms with Gasteiger partial charge in [0.2, 0.25) is 0 Å². The van der Waals surface area contributed by atoms with Crippen LogP contribution in [0.3, 0.4) is 0 Å². The first-order chi connectivity index (χ1) is 11.9. The molecule has 0 amide bonds. The Morgan fingerprint density at radius 3 is 0.920 bits per heavy atom. The molecule has 0 saturated carbocycles. The fourth-order valence-corrected chi connectivity index (χ4v) is 5.24. The molecule has 0 aliphatic carbocycles. The molecule has 25 heavy (non-hydrogen) atoms. The quantitative estimate of drug-likeness (QED) is 0.466. The molecule has 3 rings (SSSR count). The lowest BCUT2D eigenvalue weighted by atomic mass is 10.1. The Kier molecular flexibility index (Phi) is 5.06. The van der Waals surface area contributed by atoms with Gasteiger partial charge >= 0.3 is 0 Å². The van der Waals surface area contributed by atoms with Gasteiger partial charge in [0, 0.05) is 0 Å². The molecule has 3 aromatic carbocycles. The molecule has 1 heteroatoms. The van der Waals surface area contributed by atoms with Gasteiger partial charge in [-0.1, -0.05) is 18.2 Å². The van der Waals surface area contributed by atoms with Crippen LogP contribution >= 0.6 is 0 Å². The van der Waals surface area contributed by atoms with Crippen molar-refractivity contribution in [2.45, 2.75) is 56.2 Å². The van der Waals surface area contributed by atoms with Crippen LogP contribution in [0.5, 0.6) is 0 Å². The Bertz CT molecular complexity index is 799. The van der Waals surface area contributed by atoms with E-state index in [-0.39, 0.29) is 10.9 Å². The molecule has 0 bridgehead atoms. The maximum Gasteiger partial charge on any atom is 0.166 e. The molecule has 0 unspecified atom stereocenters. The topological polar surface area (TPSA) is 0 Å². The molecule has 0 nitrogen and oxygen atoms in total. The SMILES string of the molecule is Cc1ccc([S+](c2ccc(C)c(C)c2)c2ccc(C)c(C)c2)cc1C. The van der Waals surface area contributed by atoms with Crippen LogP contribution in [-0.2, 0) is 10.9 Å². The number of benzene rings is 3. The molecule has 0 atom stereocenters. The summed E-state index contributed by atoms with van der Waals surface area (Å²) < 4.78 is 0. The van der Waals surface area contributed by atoms with E-state index in [1.54, 1.807) is 0 Å². The van der Waals surface area contributed by atoms with Crippen LogP contribution in [0.4, 0.5) is 0 Å². The van der Waals surface area contributed by atoms with Crippen LogP contribution in [-0.4, -0.2) is 0 Å². The van der Waals surface area contributed by atoms with Gasteiger partial charge in [0.15, 0.2) is 14.7 Å². The van der Waals surface area contributed by atoms with E-state index in [9.17, 15) is 0 Å². The number of rotatable bonds is 3. The van der Waals surface area contributed by atoms with Gasteiger partial charge < -0.3 is 0 Å². The van der Waals surface area contributed by atoms with Gasteiger partial charge in [-0.15, -0.1) is 0 Å². The Morgan fingerprint density at radius 1 is 0.400 bits per heavy atom. The molecule has 0 saturated heterocycles. The monoisotopic (exact) mass is 347 g/mol. The van der Waals surface area contributed by atoms with Crippen molar-refractivity contribution in [1.29, 1.82) is 0 Å². The van der Waals surface area contributed by atoms with E-state index in [4.69, 9.17) is 0 Å². The molecular formula is C24H27S+. The average molecular weight is 348 g/mol. The summed E-state index contributed by atoms with van der Waals surface area (Å²) in [5.74, 6) is 0. The Balaban J connectivity index is 2.21. The maximum atomic E-state index is 2.36. The van der Waals surface area contributed by atoms with Crippen molar-refractivity contribution in [3.63, 3.8) is 0 Å². The van der Waals surface area contributed by atoms with Gasteiger partial charge in [-0.2, -0.15) is 0 Å². The highest BCUT2D eigenvalue weighted by atomic mass is 32.2. The van der Waals surface area contributed by atoms with Crippen LogP contribution in [0, 0.1) is 41.5 Å². The minimum absolute atomic E-state index is 0.0703. The second-order valence-electron chi connectivity index (χ2n) is 7.04. The van der Waals surface area contributed by atoms with E-state index in [0.717, 1.165) is 0 Å². The van der Waals surface area contributed by atoms with Crippen LogP contribution < -0.4 is 0 Å². The lowest BCUT2D eigenvalue weighted by Gasteiger charge is -2.12. The zero-order chi connectivity index (χ0) is 18.1. The molecule has 0 radical (unpaired) electrons.